The van der Waals surface area contributed by atoms with Crippen molar-refractivity contribution in [2.75, 3.05) is 0 Å². The van der Waals surface area contributed by atoms with Gasteiger partial charge in [-0.3, -0.25) is 0 Å². The van der Waals surface area contributed by atoms with Gasteiger partial charge in [0, 0.05) is 0 Å². The fourth-order valence-corrected chi connectivity index (χ4v) is 2.66. The molecule has 1 heterocycles. The summed E-state index contributed by atoms with van der Waals surface area (Å²) in [4.78, 5) is 10.8. The molecule has 1 saturated carbocycles. The summed E-state index contributed by atoms with van der Waals surface area (Å²) in [5.41, 5.74) is 4.43. The molecule has 0 aliphatic heterocycles. The topological polar surface area (TPSA) is 68.0 Å². The third-order valence-electron chi connectivity index (χ3n) is 4.14. The van der Waals surface area contributed by atoms with Crippen LogP contribution in [0, 0.1) is 0 Å². The van der Waals surface area contributed by atoms with E-state index in [9.17, 15) is 4.79 Å². The van der Waals surface area contributed by atoms with Crippen molar-refractivity contribution in [3.63, 3.8) is 0 Å². The van der Waals surface area contributed by atoms with Crippen molar-refractivity contribution in [3.8, 4) is 16.8 Å². The Kier molecular flexibility index (Phi) is 3.19. The molecule has 2 aromatic carbocycles. The molecule has 0 amide bonds. The SMILES string of the molecule is O=C(O)c1cn(-c2ccc(-c3ccc(C4CC4)cc3)cc2)nn1. The molecular formula is C18H15N3O2. The number of rotatable bonds is 4. The number of aromatic carboxylic acids is 1. The zero-order valence-corrected chi connectivity index (χ0v) is 12.4. The summed E-state index contributed by atoms with van der Waals surface area (Å²) in [6.45, 7) is 0. The molecule has 0 radical (unpaired) electrons. The Balaban J connectivity index is 1.58. The van der Waals surface area contributed by atoms with Crippen molar-refractivity contribution in [3.05, 3.63) is 66.0 Å². The van der Waals surface area contributed by atoms with E-state index in [2.05, 4.69) is 34.6 Å². The van der Waals surface area contributed by atoms with Crippen molar-refractivity contribution in [2.24, 2.45) is 0 Å². The highest BCUT2D eigenvalue weighted by molar-refractivity contribution is 5.84. The molecule has 4 rings (SSSR count). The van der Waals surface area contributed by atoms with Crippen LogP contribution < -0.4 is 0 Å². The fourth-order valence-electron chi connectivity index (χ4n) is 2.66. The molecule has 5 nitrogen and oxygen atoms in total. The van der Waals surface area contributed by atoms with E-state index in [0.29, 0.717) is 0 Å². The molecule has 0 saturated heterocycles. The van der Waals surface area contributed by atoms with E-state index in [1.165, 1.54) is 34.8 Å². The number of aromatic nitrogens is 3. The largest absolute Gasteiger partial charge is 0.476 e. The number of carboxylic acid groups (broad SMARTS) is 1. The van der Waals surface area contributed by atoms with Gasteiger partial charge in [0.2, 0.25) is 0 Å². The summed E-state index contributed by atoms with van der Waals surface area (Å²) >= 11 is 0. The van der Waals surface area contributed by atoms with Crippen LogP contribution in [0.15, 0.2) is 54.7 Å². The Morgan fingerprint density at radius 2 is 1.61 bits per heavy atom. The van der Waals surface area contributed by atoms with Gasteiger partial charge in [-0.05, 0) is 47.6 Å². The molecule has 3 aromatic rings. The Morgan fingerprint density at radius 1 is 1.00 bits per heavy atom. The van der Waals surface area contributed by atoms with Crippen LogP contribution in [-0.4, -0.2) is 26.1 Å². The molecule has 0 unspecified atom stereocenters. The van der Waals surface area contributed by atoms with Crippen LogP contribution in [0.2, 0.25) is 0 Å². The van der Waals surface area contributed by atoms with Gasteiger partial charge in [-0.1, -0.05) is 41.6 Å². The summed E-state index contributed by atoms with van der Waals surface area (Å²) in [5.74, 6) is -0.314. The van der Waals surface area contributed by atoms with Crippen LogP contribution >= 0.6 is 0 Å². The molecule has 1 fully saturated rings. The van der Waals surface area contributed by atoms with Crippen LogP contribution in [-0.2, 0) is 0 Å². The van der Waals surface area contributed by atoms with Crippen molar-refractivity contribution in [1.82, 2.24) is 15.0 Å². The third-order valence-corrected chi connectivity index (χ3v) is 4.14. The average molecular weight is 305 g/mol. The number of hydrogen-bond donors (Lipinski definition) is 1. The Hall–Kier alpha value is -2.95. The van der Waals surface area contributed by atoms with Crippen molar-refractivity contribution in [1.29, 1.82) is 0 Å². The lowest BCUT2D eigenvalue weighted by atomic mass is 10.0. The Bertz CT molecular complexity index is 847. The van der Waals surface area contributed by atoms with Gasteiger partial charge in [0.25, 0.3) is 0 Å². The van der Waals surface area contributed by atoms with Gasteiger partial charge in [0.05, 0.1) is 11.9 Å². The Morgan fingerprint density at radius 3 is 2.13 bits per heavy atom. The normalized spacial score (nSPS) is 13.9. The maximum atomic E-state index is 10.8. The van der Waals surface area contributed by atoms with Crippen LogP contribution in [0.25, 0.3) is 16.8 Å². The smallest absolute Gasteiger partial charge is 0.358 e. The lowest BCUT2D eigenvalue weighted by molar-refractivity contribution is 0.0690. The van der Waals surface area contributed by atoms with Crippen LogP contribution in [0.5, 0.6) is 0 Å². The highest BCUT2D eigenvalue weighted by Gasteiger charge is 2.22. The number of benzene rings is 2. The molecule has 1 aliphatic carbocycles. The third kappa shape index (κ3) is 2.73. The van der Waals surface area contributed by atoms with Crippen LogP contribution in [0.4, 0.5) is 0 Å². The van der Waals surface area contributed by atoms with E-state index < -0.39 is 5.97 Å². The van der Waals surface area contributed by atoms with Gasteiger partial charge in [-0.25, -0.2) is 9.48 Å². The minimum absolute atomic E-state index is 0.0651. The molecule has 1 N–H and O–H groups in total. The summed E-state index contributed by atoms with van der Waals surface area (Å²) < 4.78 is 1.46. The summed E-state index contributed by atoms with van der Waals surface area (Å²) in [5, 5.41) is 16.3. The number of carbonyl (C=O) groups is 1. The van der Waals surface area contributed by atoms with Crippen molar-refractivity contribution >= 4 is 5.97 Å². The van der Waals surface area contributed by atoms with E-state index in [0.717, 1.165) is 17.2 Å². The minimum atomic E-state index is -1.08. The summed E-state index contributed by atoms with van der Waals surface area (Å²) in [6.07, 6.45) is 4.02. The van der Waals surface area contributed by atoms with E-state index in [1.807, 2.05) is 24.3 Å². The number of nitrogens with zero attached hydrogens (tertiary/aromatic N) is 3. The first kappa shape index (κ1) is 13.7. The van der Waals surface area contributed by atoms with E-state index in [-0.39, 0.29) is 5.69 Å². The zero-order chi connectivity index (χ0) is 15.8. The maximum absolute atomic E-state index is 10.8. The second kappa shape index (κ2) is 5.35. The molecule has 0 spiro atoms. The summed E-state index contributed by atoms with van der Waals surface area (Å²) in [7, 11) is 0. The fraction of sp³-hybridized carbons (Fsp3) is 0.167. The van der Waals surface area contributed by atoms with Gasteiger partial charge in [-0.2, -0.15) is 0 Å². The maximum Gasteiger partial charge on any atom is 0.358 e. The van der Waals surface area contributed by atoms with Gasteiger partial charge < -0.3 is 5.11 Å². The highest BCUT2D eigenvalue weighted by Crippen LogP contribution is 2.40. The standard InChI is InChI=1S/C18H15N3O2/c22-18(23)17-11-21(20-19-17)16-9-7-15(8-10-16)14-5-3-13(4-6-14)12-1-2-12/h3-12H,1-2H2,(H,22,23). The molecule has 5 heteroatoms. The van der Waals surface area contributed by atoms with Crippen molar-refractivity contribution in [2.45, 2.75) is 18.8 Å². The lowest BCUT2D eigenvalue weighted by Crippen LogP contribution is -1.96. The Labute approximate surface area is 133 Å². The quantitative estimate of drug-likeness (QED) is 0.801. The molecule has 0 bridgehead atoms. The van der Waals surface area contributed by atoms with Gasteiger partial charge in [0.1, 0.15) is 0 Å². The minimum Gasteiger partial charge on any atom is -0.476 e. The zero-order valence-electron chi connectivity index (χ0n) is 12.4. The lowest BCUT2D eigenvalue weighted by Gasteiger charge is -2.05. The monoisotopic (exact) mass is 305 g/mol. The van der Waals surface area contributed by atoms with Crippen LogP contribution in [0.1, 0.15) is 34.8 Å². The molecular weight excluding hydrogens is 290 g/mol. The van der Waals surface area contributed by atoms with E-state index in [1.54, 1.807) is 0 Å². The molecule has 114 valence electrons. The van der Waals surface area contributed by atoms with Crippen molar-refractivity contribution < 1.29 is 9.90 Å². The highest BCUT2D eigenvalue weighted by atomic mass is 16.4. The second-order valence-electron chi connectivity index (χ2n) is 5.80. The first-order valence-electron chi connectivity index (χ1n) is 7.57. The first-order valence-corrected chi connectivity index (χ1v) is 7.57. The molecule has 1 aliphatic rings. The van der Waals surface area contributed by atoms with E-state index in [4.69, 9.17) is 5.11 Å². The van der Waals surface area contributed by atoms with Gasteiger partial charge >= 0.3 is 5.97 Å². The first-order chi connectivity index (χ1) is 11.2. The predicted octanol–water partition coefficient (Wildman–Crippen LogP) is 3.51. The molecule has 0 atom stereocenters. The van der Waals surface area contributed by atoms with Crippen LogP contribution in [0.3, 0.4) is 0 Å². The number of carboxylic acids is 1. The number of hydrogen-bond acceptors (Lipinski definition) is 3. The van der Waals surface area contributed by atoms with E-state index >= 15 is 0 Å². The molecule has 1 aromatic heterocycles. The van der Waals surface area contributed by atoms with Gasteiger partial charge in [-0.15, -0.1) is 5.10 Å². The summed E-state index contributed by atoms with van der Waals surface area (Å²) in [6, 6.07) is 16.5. The molecule has 23 heavy (non-hydrogen) atoms. The van der Waals surface area contributed by atoms with Gasteiger partial charge in [0.15, 0.2) is 5.69 Å². The average Bonchev–Trinajstić information content (AvgIpc) is 3.31. The second-order valence-corrected chi connectivity index (χ2v) is 5.80. The predicted molar refractivity (Wildman–Crippen MR) is 85.7 cm³/mol.